The number of fused-ring (bicyclic) bond motifs is 1. The topological polar surface area (TPSA) is 9.23 Å². The molecule has 106 valence electrons. The molecule has 0 spiro atoms. The molecule has 0 radical (unpaired) electrons. The third kappa shape index (κ3) is 3.46. The summed E-state index contributed by atoms with van der Waals surface area (Å²) in [6.07, 6.45) is 1.96. The summed E-state index contributed by atoms with van der Waals surface area (Å²) in [7, 11) is 0. The summed E-state index contributed by atoms with van der Waals surface area (Å²) < 4.78 is 6.87. The first-order valence-electron chi connectivity index (χ1n) is 6.88. The summed E-state index contributed by atoms with van der Waals surface area (Å²) in [6.45, 7) is 9.85. The van der Waals surface area contributed by atoms with E-state index >= 15 is 0 Å². The summed E-state index contributed by atoms with van der Waals surface area (Å²) in [5.74, 6) is 1.58. The van der Waals surface area contributed by atoms with Gasteiger partial charge in [-0.1, -0.05) is 43.6 Å². The third-order valence-electron chi connectivity index (χ3n) is 4.15. The fourth-order valence-electron chi connectivity index (χ4n) is 2.32. The number of halogens is 2. The van der Waals surface area contributed by atoms with Crippen molar-refractivity contribution in [3.05, 3.63) is 27.7 Å². The van der Waals surface area contributed by atoms with E-state index in [0.717, 1.165) is 35.2 Å². The molecular weight excluding hydrogens is 324 g/mol. The Bertz CT molecular complexity index is 465. The van der Waals surface area contributed by atoms with Crippen LogP contribution in [0.25, 0.3) is 0 Å². The highest BCUT2D eigenvalue weighted by atomic mass is 79.9. The molecule has 0 N–H and O–H groups in total. The Morgan fingerprint density at radius 2 is 2.05 bits per heavy atom. The molecule has 1 heterocycles. The van der Waals surface area contributed by atoms with Gasteiger partial charge in [-0.2, -0.15) is 0 Å². The van der Waals surface area contributed by atoms with Gasteiger partial charge >= 0.3 is 0 Å². The second-order valence-electron chi connectivity index (χ2n) is 6.55. The molecule has 1 aliphatic rings. The summed E-state index contributed by atoms with van der Waals surface area (Å²) in [6, 6.07) is 4.25. The van der Waals surface area contributed by atoms with Crippen molar-refractivity contribution in [3.8, 4) is 5.75 Å². The van der Waals surface area contributed by atoms with Crippen molar-refractivity contribution in [1.29, 1.82) is 0 Å². The number of hydrogen-bond acceptors (Lipinski definition) is 1. The van der Waals surface area contributed by atoms with E-state index in [9.17, 15) is 0 Å². The van der Waals surface area contributed by atoms with E-state index in [-0.39, 0.29) is 10.8 Å². The van der Waals surface area contributed by atoms with E-state index in [1.807, 2.05) is 0 Å². The van der Waals surface area contributed by atoms with Crippen LogP contribution >= 0.6 is 27.5 Å². The van der Waals surface area contributed by atoms with Gasteiger partial charge in [0.15, 0.2) is 0 Å². The Morgan fingerprint density at radius 3 is 2.68 bits per heavy atom. The molecule has 2 rings (SSSR count). The van der Waals surface area contributed by atoms with Gasteiger partial charge < -0.3 is 4.74 Å². The lowest BCUT2D eigenvalue weighted by Crippen LogP contribution is -2.18. The van der Waals surface area contributed by atoms with E-state index in [1.165, 1.54) is 5.56 Å². The highest BCUT2D eigenvalue weighted by molar-refractivity contribution is 9.10. The Balaban J connectivity index is 2.22. The predicted octanol–water partition coefficient (Wildman–Crippen LogP) is 5.74. The molecule has 1 aromatic carbocycles. The second kappa shape index (κ2) is 5.65. The zero-order valence-corrected chi connectivity index (χ0v) is 14.4. The van der Waals surface area contributed by atoms with Gasteiger partial charge in [0.25, 0.3) is 0 Å². The SMILES string of the molecule is CC(CC(Cl)c1cc(Br)cc2c1OCC2)C(C)(C)C. The van der Waals surface area contributed by atoms with Crippen LogP contribution in [-0.4, -0.2) is 6.61 Å². The molecule has 19 heavy (non-hydrogen) atoms. The van der Waals surface area contributed by atoms with Gasteiger partial charge in [-0.3, -0.25) is 0 Å². The van der Waals surface area contributed by atoms with Gasteiger partial charge in [-0.05, 0) is 35.4 Å². The fraction of sp³-hybridized carbons (Fsp3) is 0.625. The minimum atomic E-state index is 0.0126. The molecule has 0 saturated heterocycles. The van der Waals surface area contributed by atoms with Crippen molar-refractivity contribution in [2.75, 3.05) is 6.61 Å². The lowest BCUT2D eigenvalue weighted by Gasteiger charge is -2.29. The average molecular weight is 346 g/mol. The van der Waals surface area contributed by atoms with Crippen molar-refractivity contribution in [2.24, 2.45) is 11.3 Å². The van der Waals surface area contributed by atoms with Crippen LogP contribution in [0.15, 0.2) is 16.6 Å². The molecule has 0 aromatic heterocycles. The highest BCUT2D eigenvalue weighted by Crippen LogP contribution is 2.43. The Morgan fingerprint density at radius 1 is 1.37 bits per heavy atom. The lowest BCUT2D eigenvalue weighted by molar-refractivity contribution is 0.244. The summed E-state index contributed by atoms with van der Waals surface area (Å²) in [5, 5.41) is 0.0126. The van der Waals surface area contributed by atoms with E-state index in [4.69, 9.17) is 16.3 Å². The van der Waals surface area contributed by atoms with E-state index in [0.29, 0.717) is 5.92 Å². The number of rotatable bonds is 3. The van der Waals surface area contributed by atoms with Gasteiger partial charge in [0, 0.05) is 16.5 Å². The van der Waals surface area contributed by atoms with Crippen molar-refractivity contribution >= 4 is 27.5 Å². The summed E-state index contributed by atoms with van der Waals surface area (Å²) in [5.41, 5.74) is 2.70. The van der Waals surface area contributed by atoms with Gasteiger partial charge in [0.2, 0.25) is 0 Å². The Labute approximate surface area is 129 Å². The van der Waals surface area contributed by atoms with Crippen molar-refractivity contribution < 1.29 is 4.74 Å². The number of benzene rings is 1. The van der Waals surface area contributed by atoms with E-state index in [1.54, 1.807) is 0 Å². The molecule has 1 aromatic rings. The lowest BCUT2D eigenvalue weighted by atomic mass is 9.78. The highest BCUT2D eigenvalue weighted by Gasteiger charge is 2.27. The van der Waals surface area contributed by atoms with Gasteiger partial charge in [0.05, 0.1) is 12.0 Å². The zero-order chi connectivity index (χ0) is 14.2. The first kappa shape index (κ1) is 15.2. The standard InChI is InChI=1S/C16H22BrClO/c1-10(16(2,3)4)7-14(18)13-9-12(17)8-11-5-6-19-15(11)13/h8-10,14H,5-7H2,1-4H3. The van der Waals surface area contributed by atoms with Crippen LogP contribution < -0.4 is 4.74 Å². The monoisotopic (exact) mass is 344 g/mol. The third-order valence-corrected chi connectivity index (χ3v) is 5.02. The van der Waals surface area contributed by atoms with E-state index in [2.05, 4.69) is 55.8 Å². The summed E-state index contributed by atoms with van der Waals surface area (Å²) in [4.78, 5) is 0. The van der Waals surface area contributed by atoms with Crippen molar-refractivity contribution in [2.45, 2.75) is 45.9 Å². The molecule has 2 atom stereocenters. The molecule has 0 saturated carbocycles. The normalized spacial score (nSPS) is 17.8. The number of hydrogen-bond donors (Lipinski definition) is 0. The van der Waals surface area contributed by atoms with Crippen LogP contribution in [0.3, 0.4) is 0 Å². The molecular formula is C16H22BrClO. The van der Waals surface area contributed by atoms with Crippen LogP contribution in [0.1, 0.15) is 50.6 Å². The minimum absolute atomic E-state index is 0.0126. The molecule has 3 heteroatoms. The second-order valence-corrected chi connectivity index (χ2v) is 7.99. The van der Waals surface area contributed by atoms with Gasteiger partial charge in [0.1, 0.15) is 5.75 Å². The molecule has 0 bridgehead atoms. The Kier molecular flexibility index (Phi) is 4.52. The van der Waals surface area contributed by atoms with Crippen LogP contribution in [0, 0.1) is 11.3 Å². The first-order chi connectivity index (χ1) is 8.79. The molecule has 2 unspecified atom stereocenters. The predicted molar refractivity (Wildman–Crippen MR) is 85.2 cm³/mol. The van der Waals surface area contributed by atoms with Crippen LogP contribution in [0.4, 0.5) is 0 Å². The quantitative estimate of drug-likeness (QED) is 0.635. The Hall–Kier alpha value is -0.210. The van der Waals surface area contributed by atoms with Crippen LogP contribution in [0.2, 0.25) is 0 Å². The molecule has 0 aliphatic carbocycles. The number of alkyl halides is 1. The molecule has 0 amide bonds. The van der Waals surface area contributed by atoms with Crippen molar-refractivity contribution in [3.63, 3.8) is 0 Å². The average Bonchev–Trinajstić information content (AvgIpc) is 2.74. The summed E-state index contributed by atoms with van der Waals surface area (Å²) >= 11 is 10.2. The van der Waals surface area contributed by atoms with Crippen LogP contribution in [0.5, 0.6) is 5.75 Å². The van der Waals surface area contributed by atoms with E-state index < -0.39 is 0 Å². The maximum absolute atomic E-state index is 6.66. The minimum Gasteiger partial charge on any atom is -0.493 e. The van der Waals surface area contributed by atoms with Crippen LogP contribution in [-0.2, 0) is 6.42 Å². The zero-order valence-electron chi connectivity index (χ0n) is 12.1. The number of ether oxygens (including phenoxy) is 1. The maximum atomic E-state index is 6.66. The molecule has 0 fully saturated rings. The maximum Gasteiger partial charge on any atom is 0.127 e. The molecule has 1 nitrogen and oxygen atoms in total. The smallest absolute Gasteiger partial charge is 0.127 e. The van der Waals surface area contributed by atoms with Gasteiger partial charge in [-0.25, -0.2) is 0 Å². The largest absolute Gasteiger partial charge is 0.493 e. The van der Waals surface area contributed by atoms with Gasteiger partial charge in [-0.15, -0.1) is 11.6 Å². The fourth-order valence-corrected chi connectivity index (χ4v) is 3.27. The van der Waals surface area contributed by atoms with Crippen molar-refractivity contribution in [1.82, 2.24) is 0 Å². The molecule has 1 aliphatic heterocycles. The first-order valence-corrected chi connectivity index (χ1v) is 8.11.